The molecule has 0 aliphatic carbocycles. The Labute approximate surface area is 453 Å². The van der Waals surface area contributed by atoms with Gasteiger partial charge in [0.05, 0.1) is 31.7 Å². The SMILES string of the molecule is C.C.O=C(O)c1ccc(S(=O)(=O)c2ccccc2)cc1.O=C(O)c1ccc(S(=O)c2ccccc2)cc1.O=Cc1ccc(F)cc1.O=Cc1ccc(Sc2ccccc2)cc1.Sc1ccccc1.[Na+].[O-]Cl. The fourth-order valence-corrected chi connectivity index (χ4v) is 8.47. The summed E-state index contributed by atoms with van der Waals surface area (Å²) in [7, 11) is -4.84. The minimum atomic E-state index is -3.57. The van der Waals surface area contributed by atoms with E-state index in [1.54, 1.807) is 54.2 Å². The van der Waals surface area contributed by atoms with E-state index < -0.39 is 32.6 Å². The fraction of sp³-hybridized carbons (Fsp3) is 0.0370. The second-order valence-electron chi connectivity index (χ2n) is 13.2. The smallest absolute Gasteiger partial charge is 0.769 e. The number of hydrogen-bond acceptors (Lipinski definition) is 10. The Morgan fingerprint density at radius 3 is 1.25 bits per heavy atom. The van der Waals surface area contributed by atoms with Gasteiger partial charge in [-0.2, -0.15) is 0 Å². The second kappa shape index (κ2) is 36.0. The summed E-state index contributed by atoms with van der Waals surface area (Å²) in [6.07, 6.45) is 1.54. The van der Waals surface area contributed by atoms with Crippen molar-refractivity contribution in [2.75, 3.05) is 0 Å². The van der Waals surface area contributed by atoms with Crippen molar-refractivity contribution < 1.29 is 80.6 Å². The normalized spacial score (nSPS) is 9.86. The zero-order valence-corrected chi connectivity index (χ0v) is 42.6. The van der Waals surface area contributed by atoms with Gasteiger partial charge in [0.2, 0.25) is 9.84 Å². The number of carboxylic acids is 2. The molecule has 1 atom stereocenters. The summed E-state index contributed by atoms with van der Waals surface area (Å²) in [5, 5.41) is 17.5. The van der Waals surface area contributed by atoms with Crippen LogP contribution < -0.4 is 34.2 Å². The van der Waals surface area contributed by atoms with Gasteiger partial charge in [-0.25, -0.2) is 38.5 Å². The Balaban J connectivity index is 0.000000873. The monoisotopic (exact) mass is 1060 g/mol. The third-order valence-corrected chi connectivity index (χ3v) is 13.0. The summed E-state index contributed by atoms with van der Waals surface area (Å²) in [5.74, 6) is -2.39. The summed E-state index contributed by atoms with van der Waals surface area (Å²) in [4.78, 5) is 46.8. The summed E-state index contributed by atoms with van der Waals surface area (Å²) < 4.78 is 56.3. The van der Waals surface area contributed by atoms with E-state index in [9.17, 15) is 36.2 Å². The summed E-state index contributed by atoms with van der Waals surface area (Å²) in [6, 6.07) is 61.2. The van der Waals surface area contributed by atoms with Crippen LogP contribution in [-0.2, 0) is 20.6 Å². The average molecular weight is 1060 g/mol. The number of rotatable bonds is 10. The molecule has 0 bridgehead atoms. The van der Waals surface area contributed by atoms with Crippen molar-refractivity contribution in [1.82, 2.24) is 0 Å². The first-order valence-electron chi connectivity index (χ1n) is 19.6. The van der Waals surface area contributed by atoms with E-state index in [1.807, 2.05) is 91.0 Å². The van der Waals surface area contributed by atoms with E-state index in [2.05, 4.69) is 36.6 Å². The summed E-state index contributed by atoms with van der Waals surface area (Å²) >= 11 is 9.16. The van der Waals surface area contributed by atoms with Gasteiger partial charge in [-0.15, -0.1) is 12.6 Å². The fourth-order valence-electron chi connectivity index (χ4n) is 5.12. The van der Waals surface area contributed by atoms with Crippen LogP contribution in [0, 0.1) is 5.82 Å². The van der Waals surface area contributed by atoms with Crippen LogP contribution in [0.25, 0.3) is 0 Å². The molecule has 2 N–H and O–H groups in total. The van der Waals surface area contributed by atoms with E-state index in [4.69, 9.17) is 14.9 Å². The molecule has 10 nitrogen and oxygen atoms in total. The number of carbonyl (C=O) groups excluding carboxylic acids is 2. The second-order valence-corrected chi connectivity index (χ2v) is 18.3. The molecule has 8 rings (SSSR count). The van der Waals surface area contributed by atoms with Crippen molar-refractivity contribution in [1.29, 1.82) is 0 Å². The minimum Gasteiger partial charge on any atom is -0.769 e. The number of carbonyl (C=O) groups is 4. The van der Waals surface area contributed by atoms with E-state index >= 15 is 0 Å². The zero-order valence-electron chi connectivity index (χ0n) is 36.5. The zero-order chi connectivity index (χ0) is 49.7. The first-order chi connectivity index (χ1) is 32.8. The maximum absolute atomic E-state index is 12.2. The number of sulfone groups is 1. The molecule has 8 aromatic carbocycles. The maximum Gasteiger partial charge on any atom is 1.00 e. The summed E-state index contributed by atoms with van der Waals surface area (Å²) in [6.45, 7) is 0. The quantitative estimate of drug-likeness (QED) is 0.0674. The molecule has 0 saturated heterocycles. The third kappa shape index (κ3) is 23.7. The van der Waals surface area contributed by atoms with Crippen molar-refractivity contribution in [2.45, 2.75) is 49.1 Å². The predicted molar refractivity (Wildman–Crippen MR) is 277 cm³/mol. The van der Waals surface area contributed by atoms with Crippen molar-refractivity contribution >= 4 is 81.4 Å². The van der Waals surface area contributed by atoms with Gasteiger partial charge in [-0.1, -0.05) is 112 Å². The molecular formula is C54H49ClFNaO10S4. The molecule has 0 amide bonds. The average Bonchev–Trinajstić information content (AvgIpc) is 3.39. The number of carboxylic acid groups (broad SMARTS) is 2. The van der Waals surface area contributed by atoms with Gasteiger partial charge in [-0.3, -0.25) is 9.59 Å². The van der Waals surface area contributed by atoms with E-state index in [-0.39, 0.29) is 71.1 Å². The molecule has 71 heavy (non-hydrogen) atoms. The molecule has 0 aliphatic heterocycles. The van der Waals surface area contributed by atoms with Crippen molar-refractivity contribution in [3.8, 4) is 0 Å². The van der Waals surface area contributed by atoms with Gasteiger partial charge in [0.15, 0.2) is 0 Å². The Bertz CT molecular complexity index is 2890. The van der Waals surface area contributed by atoms with Gasteiger partial charge >= 0.3 is 41.5 Å². The van der Waals surface area contributed by atoms with Crippen LogP contribution >= 0.6 is 36.3 Å². The van der Waals surface area contributed by atoms with Crippen molar-refractivity contribution in [2.24, 2.45) is 0 Å². The number of aromatic carboxylic acids is 2. The van der Waals surface area contributed by atoms with Crippen molar-refractivity contribution in [3.05, 3.63) is 246 Å². The van der Waals surface area contributed by atoms with Crippen LogP contribution in [0.5, 0.6) is 0 Å². The largest absolute Gasteiger partial charge is 1.00 e. The van der Waals surface area contributed by atoms with Crippen LogP contribution in [0.4, 0.5) is 4.39 Å². The van der Waals surface area contributed by atoms with Crippen LogP contribution in [-0.4, -0.2) is 47.4 Å². The van der Waals surface area contributed by atoms with Gasteiger partial charge in [0.25, 0.3) is 0 Å². The standard InChI is InChI=1S/C13H10O4S.C13H10O3S.C13H10OS.C7H5FO.C6H6S.2CH4.ClO.Na/c14-13(15)10-6-8-12(9-7-10)18(16,17)11-4-2-1-3-5-11;14-13(15)10-6-8-12(9-7-10)17(16)11-4-2-1-3-5-11;14-10-11-6-8-13(9-7-11)15-12-4-2-1-3-5-12;8-7-3-1-6(5-9)2-4-7;7-6-4-2-1-3-5-6;;;1-2;/h1-9H,(H,14,15);1-9H,(H,14,15);1-10H;1-5H;1-5,7H;2*1H4;;/q;;;;;;;-1;+1. The molecular weight excluding hydrogens is 1010 g/mol. The minimum absolute atomic E-state index is 0. The van der Waals surface area contributed by atoms with Crippen molar-refractivity contribution in [3.63, 3.8) is 0 Å². The van der Waals surface area contributed by atoms with Gasteiger partial charge in [-0.05, 0) is 133 Å². The van der Waals surface area contributed by atoms with E-state index in [0.717, 1.165) is 16.1 Å². The van der Waals surface area contributed by atoms with Crippen LogP contribution in [0.1, 0.15) is 56.3 Å². The van der Waals surface area contributed by atoms with Crippen LogP contribution in [0.2, 0.25) is 0 Å². The molecule has 0 aliphatic rings. The first kappa shape index (κ1) is 65.0. The topological polar surface area (TPSA) is 183 Å². The molecule has 0 spiro atoms. The molecule has 8 aromatic rings. The van der Waals surface area contributed by atoms with E-state index in [1.165, 1.54) is 77.7 Å². The van der Waals surface area contributed by atoms with Gasteiger partial charge in [0.1, 0.15) is 18.4 Å². The number of aldehydes is 2. The number of benzene rings is 8. The first-order valence-corrected chi connectivity index (χ1v) is 23.8. The predicted octanol–water partition coefficient (Wildman–Crippen LogP) is 9.81. The molecule has 0 radical (unpaired) electrons. The Morgan fingerprint density at radius 1 is 0.521 bits per heavy atom. The van der Waals surface area contributed by atoms with Crippen LogP contribution in [0.3, 0.4) is 0 Å². The Hall–Kier alpha value is -5.98. The maximum atomic E-state index is 12.2. The molecule has 1 unspecified atom stereocenters. The number of hydrogen-bond donors (Lipinski definition) is 3. The molecule has 364 valence electrons. The molecule has 0 saturated carbocycles. The summed E-state index contributed by atoms with van der Waals surface area (Å²) in [5.41, 5.74) is 1.46. The number of halogens is 2. The van der Waals surface area contributed by atoms with E-state index in [0.29, 0.717) is 27.2 Å². The third-order valence-electron chi connectivity index (χ3n) is 8.50. The van der Waals surface area contributed by atoms with Gasteiger partial charge < -0.3 is 14.9 Å². The molecule has 0 aromatic heterocycles. The molecule has 17 heteroatoms. The van der Waals surface area contributed by atoms with Crippen LogP contribution in [0.15, 0.2) is 253 Å². The number of thiol groups is 1. The molecule has 0 fully saturated rings. The molecule has 0 heterocycles. The van der Waals surface area contributed by atoms with Gasteiger partial charge in [0, 0.05) is 35.6 Å². The Kier molecular flexibility index (Phi) is 33.0. The Morgan fingerprint density at radius 2 is 0.859 bits per heavy atom.